The van der Waals surface area contributed by atoms with E-state index in [1.165, 1.54) is 31.2 Å². The normalized spacial score (nSPS) is 19.6. The molecule has 28 heavy (non-hydrogen) atoms. The molecular weight excluding hydrogens is 370 g/mol. The lowest BCUT2D eigenvalue weighted by Crippen LogP contribution is -2.06. The first-order chi connectivity index (χ1) is 13.7. The summed E-state index contributed by atoms with van der Waals surface area (Å²) in [6.45, 7) is 0. The number of fused-ring (bicyclic) bond motifs is 2. The molecular formula is C22H22ClN5. The lowest BCUT2D eigenvalue weighted by Gasteiger charge is -2.14. The number of pyridine rings is 1. The van der Waals surface area contributed by atoms with E-state index in [9.17, 15) is 0 Å². The van der Waals surface area contributed by atoms with E-state index in [0.717, 1.165) is 34.3 Å². The van der Waals surface area contributed by atoms with E-state index in [1.54, 1.807) is 6.33 Å². The zero-order valence-electron chi connectivity index (χ0n) is 15.6. The van der Waals surface area contributed by atoms with Crippen LogP contribution in [0.1, 0.15) is 37.3 Å². The topological polar surface area (TPSA) is 69.6 Å². The Hall–Kier alpha value is -2.66. The third-order valence-electron chi connectivity index (χ3n) is 5.99. The van der Waals surface area contributed by atoms with Gasteiger partial charge in [0.2, 0.25) is 0 Å². The molecule has 5 rings (SSSR count). The summed E-state index contributed by atoms with van der Waals surface area (Å²) in [6.07, 6.45) is 9.55. The van der Waals surface area contributed by atoms with Gasteiger partial charge in [-0.05, 0) is 67.9 Å². The van der Waals surface area contributed by atoms with Gasteiger partial charge in [0.05, 0.1) is 10.9 Å². The number of aryl methyl sites for hydroxylation is 1. The van der Waals surface area contributed by atoms with Crippen LogP contribution in [0.15, 0.2) is 48.9 Å². The second-order valence-corrected chi connectivity index (χ2v) is 8.12. The number of anilines is 1. The molecule has 0 amide bonds. The first-order valence-corrected chi connectivity index (χ1v) is 10.2. The summed E-state index contributed by atoms with van der Waals surface area (Å²) in [4.78, 5) is 13.0. The Morgan fingerprint density at radius 3 is 2.93 bits per heavy atom. The van der Waals surface area contributed by atoms with E-state index in [0.29, 0.717) is 17.0 Å². The second-order valence-electron chi connectivity index (χ2n) is 7.76. The molecule has 4 aromatic rings. The van der Waals surface area contributed by atoms with Gasteiger partial charge in [-0.15, -0.1) is 0 Å². The summed E-state index contributed by atoms with van der Waals surface area (Å²) in [5.74, 6) is 1.30. The predicted octanol–water partition coefficient (Wildman–Crippen LogP) is 5.19. The number of aromatic nitrogens is 4. The van der Waals surface area contributed by atoms with Gasteiger partial charge < -0.3 is 10.3 Å². The predicted molar refractivity (Wildman–Crippen MR) is 113 cm³/mol. The van der Waals surface area contributed by atoms with E-state index in [2.05, 4.69) is 43.9 Å². The van der Waals surface area contributed by atoms with Crippen LogP contribution in [0.2, 0.25) is 5.15 Å². The standard InChI is InChI=1S/C22H22ClN5/c23-21-18-9-10-28(22(18)26-13-25-21)17-7-4-14(11-17)1-2-15-3-5-16-6-8-20(24)27-19(16)12-15/h3,5-6,8-10,12-14,17H,1-2,4,7,11H2,(H2,24,27). The number of nitrogens with zero attached hydrogens (tertiary/aromatic N) is 4. The maximum Gasteiger partial charge on any atom is 0.145 e. The van der Waals surface area contributed by atoms with Crippen LogP contribution in [0.3, 0.4) is 0 Å². The SMILES string of the molecule is Nc1ccc2ccc(CCC3CCC(n4ccc5c(Cl)ncnc54)C3)cc2n1. The van der Waals surface area contributed by atoms with Gasteiger partial charge in [0.25, 0.3) is 0 Å². The Bertz CT molecular complexity index is 1150. The molecule has 1 saturated carbocycles. The molecule has 1 fully saturated rings. The fourth-order valence-corrected chi connectivity index (χ4v) is 4.69. The summed E-state index contributed by atoms with van der Waals surface area (Å²) >= 11 is 6.20. The number of rotatable bonds is 4. The van der Waals surface area contributed by atoms with Gasteiger partial charge in [0.1, 0.15) is 22.9 Å². The van der Waals surface area contributed by atoms with Gasteiger partial charge in [-0.2, -0.15) is 0 Å². The average Bonchev–Trinajstić information content (AvgIpc) is 3.33. The third kappa shape index (κ3) is 3.20. The Kier molecular flexibility index (Phi) is 4.40. The Morgan fingerprint density at radius 2 is 2.00 bits per heavy atom. The lowest BCUT2D eigenvalue weighted by molar-refractivity contribution is 0.461. The molecule has 5 nitrogen and oxygen atoms in total. The Balaban J connectivity index is 1.27. The van der Waals surface area contributed by atoms with Gasteiger partial charge in [-0.1, -0.05) is 23.7 Å². The summed E-state index contributed by atoms with van der Waals surface area (Å²) in [6, 6.07) is 12.9. The minimum Gasteiger partial charge on any atom is -0.384 e. The summed E-state index contributed by atoms with van der Waals surface area (Å²) in [5.41, 5.74) is 9.09. The number of nitrogen functional groups attached to an aromatic ring is 1. The van der Waals surface area contributed by atoms with Gasteiger partial charge in [-0.3, -0.25) is 0 Å². The third-order valence-corrected chi connectivity index (χ3v) is 6.29. The van der Waals surface area contributed by atoms with Crippen LogP contribution in [0.4, 0.5) is 5.82 Å². The average molecular weight is 392 g/mol. The molecule has 1 aliphatic carbocycles. The Labute approximate surface area is 168 Å². The number of halogens is 1. The van der Waals surface area contributed by atoms with Crippen LogP contribution in [0.25, 0.3) is 21.9 Å². The molecule has 2 N–H and O–H groups in total. The first kappa shape index (κ1) is 17.4. The maximum atomic E-state index is 6.20. The second kappa shape index (κ2) is 7.06. The van der Waals surface area contributed by atoms with Gasteiger partial charge in [-0.25, -0.2) is 15.0 Å². The molecule has 142 valence electrons. The molecule has 0 bridgehead atoms. The monoisotopic (exact) mass is 391 g/mol. The van der Waals surface area contributed by atoms with E-state index < -0.39 is 0 Å². The number of hydrogen-bond donors (Lipinski definition) is 1. The van der Waals surface area contributed by atoms with E-state index >= 15 is 0 Å². The Morgan fingerprint density at radius 1 is 1.11 bits per heavy atom. The van der Waals surface area contributed by atoms with Gasteiger partial charge >= 0.3 is 0 Å². The van der Waals surface area contributed by atoms with Crippen molar-refractivity contribution in [3.05, 3.63) is 59.6 Å². The highest BCUT2D eigenvalue weighted by atomic mass is 35.5. The minimum atomic E-state index is 0.492. The number of benzene rings is 1. The van der Waals surface area contributed by atoms with Gasteiger partial charge in [0, 0.05) is 17.6 Å². The van der Waals surface area contributed by atoms with Crippen molar-refractivity contribution in [2.45, 2.75) is 38.1 Å². The molecule has 0 spiro atoms. The molecule has 2 unspecified atom stereocenters. The highest BCUT2D eigenvalue weighted by Crippen LogP contribution is 2.39. The van der Waals surface area contributed by atoms with Crippen molar-refractivity contribution in [3.8, 4) is 0 Å². The molecule has 0 aliphatic heterocycles. The fraction of sp³-hybridized carbons (Fsp3) is 0.318. The van der Waals surface area contributed by atoms with Gasteiger partial charge in [0.15, 0.2) is 0 Å². The molecule has 2 atom stereocenters. The highest BCUT2D eigenvalue weighted by molar-refractivity contribution is 6.33. The maximum absolute atomic E-state index is 6.20. The molecule has 1 aromatic carbocycles. The molecule has 0 saturated heterocycles. The molecule has 1 aliphatic rings. The summed E-state index contributed by atoms with van der Waals surface area (Å²) in [7, 11) is 0. The van der Waals surface area contributed by atoms with E-state index in [1.807, 2.05) is 18.2 Å². The van der Waals surface area contributed by atoms with Crippen LogP contribution in [0.5, 0.6) is 0 Å². The zero-order valence-corrected chi connectivity index (χ0v) is 16.3. The first-order valence-electron chi connectivity index (χ1n) is 9.79. The van der Waals surface area contributed by atoms with Crippen LogP contribution < -0.4 is 5.73 Å². The van der Waals surface area contributed by atoms with Crippen LogP contribution in [0, 0.1) is 5.92 Å². The lowest BCUT2D eigenvalue weighted by atomic mass is 9.97. The summed E-state index contributed by atoms with van der Waals surface area (Å²) in [5, 5.41) is 2.61. The van der Waals surface area contributed by atoms with E-state index in [-0.39, 0.29) is 0 Å². The van der Waals surface area contributed by atoms with Crippen molar-refractivity contribution >= 4 is 39.4 Å². The largest absolute Gasteiger partial charge is 0.384 e. The minimum absolute atomic E-state index is 0.492. The van der Waals surface area contributed by atoms with Crippen LogP contribution in [-0.2, 0) is 6.42 Å². The molecule has 0 radical (unpaired) electrons. The van der Waals surface area contributed by atoms with Crippen molar-refractivity contribution in [1.82, 2.24) is 19.5 Å². The quantitative estimate of drug-likeness (QED) is 0.486. The smallest absolute Gasteiger partial charge is 0.145 e. The molecule has 6 heteroatoms. The van der Waals surface area contributed by atoms with Crippen molar-refractivity contribution in [2.75, 3.05) is 5.73 Å². The highest BCUT2D eigenvalue weighted by Gasteiger charge is 2.27. The number of hydrogen-bond acceptors (Lipinski definition) is 4. The van der Waals surface area contributed by atoms with E-state index in [4.69, 9.17) is 17.3 Å². The van der Waals surface area contributed by atoms with Crippen molar-refractivity contribution < 1.29 is 0 Å². The zero-order chi connectivity index (χ0) is 19.1. The van der Waals surface area contributed by atoms with Crippen LogP contribution >= 0.6 is 11.6 Å². The number of nitrogens with two attached hydrogens (primary N) is 1. The van der Waals surface area contributed by atoms with Crippen molar-refractivity contribution in [2.24, 2.45) is 5.92 Å². The van der Waals surface area contributed by atoms with Crippen molar-refractivity contribution in [3.63, 3.8) is 0 Å². The molecule has 3 aromatic heterocycles. The molecule has 3 heterocycles. The fourth-order valence-electron chi connectivity index (χ4n) is 4.50. The van der Waals surface area contributed by atoms with Crippen LogP contribution in [-0.4, -0.2) is 19.5 Å². The summed E-state index contributed by atoms with van der Waals surface area (Å²) < 4.78 is 2.28. The van der Waals surface area contributed by atoms with Crippen molar-refractivity contribution in [1.29, 1.82) is 0 Å².